The Morgan fingerprint density at radius 1 is 0.872 bits per heavy atom. The van der Waals surface area contributed by atoms with Crippen LogP contribution in [-0.2, 0) is 13.0 Å². The van der Waals surface area contributed by atoms with E-state index in [4.69, 9.17) is 19.2 Å². The summed E-state index contributed by atoms with van der Waals surface area (Å²) < 4.78 is 18.9. The maximum atomic E-state index is 12.5. The first-order chi connectivity index (χ1) is 19.0. The summed E-state index contributed by atoms with van der Waals surface area (Å²) in [6.45, 7) is 6.34. The molecule has 0 saturated heterocycles. The number of carbonyl (C=O) groups excluding carboxylic acids is 1. The van der Waals surface area contributed by atoms with Crippen molar-refractivity contribution in [3.05, 3.63) is 83.2 Å². The van der Waals surface area contributed by atoms with Gasteiger partial charge in [-0.1, -0.05) is 24.6 Å². The highest BCUT2D eigenvalue weighted by Gasteiger charge is 2.12. The lowest BCUT2D eigenvalue weighted by molar-refractivity contribution is 0.0952. The second-order valence-corrected chi connectivity index (χ2v) is 9.83. The number of ether oxygens (including phenoxy) is 3. The standard InChI is InChI=1S/C32H39N3O4/c1-23-19-24(2)21-26(20-23)39-18-10-17-35-28-12-8-7-11-27(28)34-31(35)13-6-5-9-16-33-32(36)25-14-15-29(37-3)30(22-25)38-4/h7-8,11-12,14-15,19-22H,5-6,9-10,13,16-18H2,1-4H3,(H,33,36). The van der Waals surface area contributed by atoms with Crippen LogP contribution in [0.3, 0.4) is 0 Å². The molecule has 0 aliphatic rings. The van der Waals surface area contributed by atoms with Gasteiger partial charge in [-0.05, 0) is 86.7 Å². The first-order valence-electron chi connectivity index (χ1n) is 13.6. The van der Waals surface area contributed by atoms with Crippen molar-refractivity contribution in [2.24, 2.45) is 0 Å². The molecule has 0 fully saturated rings. The molecule has 3 aromatic carbocycles. The molecule has 0 atom stereocenters. The van der Waals surface area contributed by atoms with Crippen LogP contribution < -0.4 is 19.5 Å². The number of fused-ring (bicyclic) bond motifs is 1. The molecule has 0 spiro atoms. The van der Waals surface area contributed by atoms with Gasteiger partial charge in [-0.2, -0.15) is 0 Å². The maximum absolute atomic E-state index is 12.5. The van der Waals surface area contributed by atoms with Crippen molar-refractivity contribution in [3.8, 4) is 17.2 Å². The summed E-state index contributed by atoms with van der Waals surface area (Å²) in [6, 6.07) is 19.8. The third kappa shape index (κ3) is 7.53. The molecule has 7 nitrogen and oxygen atoms in total. The minimum atomic E-state index is -0.110. The van der Waals surface area contributed by atoms with Crippen molar-refractivity contribution in [2.75, 3.05) is 27.4 Å². The van der Waals surface area contributed by atoms with Gasteiger partial charge in [0.15, 0.2) is 11.5 Å². The van der Waals surface area contributed by atoms with Gasteiger partial charge in [0, 0.05) is 25.1 Å². The van der Waals surface area contributed by atoms with Crippen LogP contribution in [0, 0.1) is 13.8 Å². The number of aryl methyl sites for hydroxylation is 4. The van der Waals surface area contributed by atoms with Crippen LogP contribution in [0.5, 0.6) is 17.2 Å². The van der Waals surface area contributed by atoms with E-state index < -0.39 is 0 Å². The Morgan fingerprint density at radius 2 is 1.64 bits per heavy atom. The maximum Gasteiger partial charge on any atom is 0.251 e. The molecule has 1 N–H and O–H groups in total. The highest BCUT2D eigenvalue weighted by Crippen LogP contribution is 2.27. The zero-order chi connectivity index (χ0) is 27.6. The molecule has 7 heteroatoms. The van der Waals surface area contributed by atoms with Crippen molar-refractivity contribution >= 4 is 16.9 Å². The molecule has 0 saturated carbocycles. The Balaban J connectivity index is 1.25. The van der Waals surface area contributed by atoms with Crippen molar-refractivity contribution < 1.29 is 19.0 Å². The first kappa shape index (κ1) is 28.0. The molecule has 206 valence electrons. The Bertz CT molecular complexity index is 1380. The summed E-state index contributed by atoms with van der Waals surface area (Å²) in [5, 5.41) is 3.00. The number of hydrogen-bond acceptors (Lipinski definition) is 5. The van der Waals surface area contributed by atoms with Crippen LogP contribution in [-0.4, -0.2) is 42.8 Å². The van der Waals surface area contributed by atoms with E-state index in [2.05, 4.69) is 60.1 Å². The average Bonchev–Trinajstić information content (AvgIpc) is 3.29. The van der Waals surface area contributed by atoms with Crippen molar-refractivity contribution in [1.29, 1.82) is 0 Å². The topological polar surface area (TPSA) is 74.6 Å². The lowest BCUT2D eigenvalue weighted by atomic mass is 10.1. The van der Waals surface area contributed by atoms with Gasteiger partial charge in [0.25, 0.3) is 5.91 Å². The predicted octanol–water partition coefficient (Wildman–Crippen LogP) is 6.28. The van der Waals surface area contributed by atoms with Crippen molar-refractivity contribution in [1.82, 2.24) is 14.9 Å². The van der Waals surface area contributed by atoms with Gasteiger partial charge < -0.3 is 24.1 Å². The van der Waals surface area contributed by atoms with Crippen LogP contribution in [0.4, 0.5) is 0 Å². The molecular weight excluding hydrogens is 490 g/mol. The molecule has 1 heterocycles. The number of benzene rings is 3. The Labute approximate surface area is 231 Å². The van der Waals surface area contributed by atoms with Gasteiger partial charge in [-0.3, -0.25) is 4.79 Å². The first-order valence-corrected chi connectivity index (χ1v) is 13.6. The van der Waals surface area contributed by atoms with Gasteiger partial charge in [0.1, 0.15) is 11.6 Å². The molecule has 4 aromatic rings. The molecule has 0 bridgehead atoms. The number of rotatable bonds is 14. The number of amides is 1. The quantitative estimate of drug-likeness (QED) is 0.195. The number of unbranched alkanes of at least 4 members (excludes halogenated alkanes) is 2. The zero-order valence-electron chi connectivity index (χ0n) is 23.5. The monoisotopic (exact) mass is 529 g/mol. The zero-order valence-corrected chi connectivity index (χ0v) is 23.5. The Hall–Kier alpha value is -4.00. The Morgan fingerprint density at radius 3 is 2.41 bits per heavy atom. The summed E-state index contributed by atoms with van der Waals surface area (Å²) in [4.78, 5) is 17.4. The highest BCUT2D eigenvalue weighted by molar-refractivity contribution is 5.94. The molecule has 1 amide bonds. The average molecular weight is 530 g/mol. The van der Waals surface area contributed by atoms with Crippen LogP contribution in [0.25, 0.3) is 11.0 Å². The van der Waals surface area contributed by atoms with Crippen molar-refractivity contribution in [2.45, 2.75) is 52.5 Å². The smallest absolute Gasteiger partial charge is 0.251 e. The van der Waals surface area contributed by atoms with E-state index in [0.29, 0.717) is 30.2 Å². The van der Waals surface area contributed by atoms with Crippen LogP contribution in [0.2, 0.25) is 0 Å². The number of nitrogens with zero attached hydrogens (tertiary/aromatic N) is 2. The van der Waals surface area contributed by atoms with Gasteiger partial charge in [0.2, 0.25) is 0 Å². The summed E-state index contributed by atoms with van der Waals surface area (Å²) in [5.41, 5.74) is 5.19. The van der Waals surface area contributed by atoms with Crippen LogP contribution >= 0.6 is 0 Å². The highest BCUT2D eigenvalue weighted by atomic mass is 16.5. The lowest BCUT2D eigenvalue weighted by Crippen LogP contribution is -2.24. The third-order valence-electron chi connectivity index (χ3n) is 6.73. The fourth-order valence-electron chi connectivity index (χ4n) is 4.86. The number of hydrogen-bond donors (Lipinski definition) is 1. The number of aromatic nitrogens is 2. The number of imidazole rings is 1. The largest absolute Gasteiger partial charge is 0.494 e. The summed E-state index contributed by atoms with van der Waals surface area (Å²) in [5.74, 6) is 3.08. The summed E-state index contributed by atoms with van der Waals surface area (Å²) >= 11 is 0. The van der Waals surface area contributed by atoms with E-state index in [9.17, 15) is 4.79 Å². The van der Waals surface area contributed by atoms with E-state index in [1.807, 2.05) is 6.07 Å². The van der Waals surface area contributed by atoms with E-state index in [-0.39, 0.29) is 5.91 Å². The van der Waals surface area contributed by atoms with Gasteiger partial charge in [-0.25, -0.2) is 4.98 Å². The second-order valence-electron chi connectivity index (χ2n) is 9.83. The van der Waals surface area contributed by atoms with Gasteiger partial charge >= 0.3 is 0 Å². The van der Waals surface area contributed by atoms with Crippen molar-refractivity contribution in [3.63, 3.8) is 0 Å². The van der Waals surface area contributed by atoms with Crippen LogP contribution in [0.1, 0.15) is 53.0 Å². The normalized spacial score (nSPS) is 11.0. The summed E-state index contributed by atoms with van der Waals surface area (Å²) in [7, 11) is 3.14. The van der Waals surface area contributed by atoms with Crippen LogP contribution in [0.15, 0.2) is 60.7 Å². The predicted molar refractivity (Wildman–Crippen MR) is 155 cm³/mol. The number of para-hydroxylation sites is 2. The lowest BCUT2D eigenvalue weighted by Gasteiger charge is -2.12. The van der Waals surface area contributed by atoms with E-state index in [0.717, 1.165) is 55.7 Å². The molecular formula is C32H39N3O4. The van der Waals surface area contributed by atoms with E-state index in [1.165, 1.54) is 16.6 Å². The molecule has 0 radical (unpaired) electrons. The SMILES string of the molecule is COc1ccc(C(=O)NCCCCCc2nc3ccccc3n2CCCOc2cc(C)cc(C)c2)cc1OC. The van der Waals surface area contributed by atoms with E-state index >= 15 is 0 Å². The third-order valence-corrected chi connectivity index (χ3v) is 6.73. The molecule has 0 aliphatic carbocycles. The minimum absolute atomic E-state index is 0.110. The second kappa shape index (κ2) is 13.7. The molecule has 0 unspecified atom stereocenters. The number of carbonyl (C=O) groups is 1. The van der Waals surface area contributed by atoms with E-state index in [1.54, 1.807) is 32.4 Å². The Kier molecular flexibility index (Phi) is 9.84. The molecule has 1 aromatic heterocycles. The van der Waals surface area contributed by atoms with Gasteiger partial charge in [0.05, 0.1) is 31.9 Å². The number of nitrogens with one attached hydrogen (secondary N) is 1. The van der Waals surface area contributed by atoms with Gasteiger partial charge in [-0.15, -0.1) is 0 Å². The fraction of sp³-hybridized carbons (Fsp3) is 0.375. The molecule has 4 rings (SSSR count). The fourth-order valence-corrected chi connectivity index (χ4v) is 4.86. The minimum Gasteiger partial charge on any atom is -0.494 e. The summed E-state index contributed by atoms with van der Waals surface area (Å²) in [6.07, 6.45) is 4.72. The number of methoxy groups -OCH3 is 2. The molecule has 39 heavy (non-hydrogen) atoms. The molecule has 0 aliphatic heterocycles.